The molecule has 1 heterocycles. The Morgan fingerprint density at radius 1 is 0.958 bits per heavy atom. The van der Waals surface area contributed by atoms with E-state index in [2.05, 4.69) is 0 Å². The molecule has 0 radical (unpaired) electrons. The quantitative estimate of drug-likeness (QED) is 0.588. The number of benzene rings is 2. The smallest absolute Gasteiger partial charge is 0.201 e. The predicted octanol–water partition coefficient (Wildman–Crippen LogP) is 4.95. The van der Waals surface area contributed by atoms with Gasteiger partial charge in [-0.25, -0.2) is 4.57 Å². The van der Waals surface area contributed by atoms with E-state index in [0.717, 1.165) is 16.7 Å². The van der Waals surface area contributed by atoms with Crippen LogP contribution in [-0.2, 0) is 19.8 Å². The Morgan fingerprint density at radius 3 is 2.54 bits per heavy atom. The van der Waals surface area contributed by atoms with Crippen LogP contribution in [0.2, 0.25) is 0 Å². The van der Waals surface area contributed by atoms with E-state index < -0.39 is 19.6 Å². The summed E-state index contributed by atoms with van der Waals surface area (Å²) >= 11 is 0. The van der Waals surface area contributed by atoms with Crippen LogP contribution in [0.15, 0.2) is 54.7 Å². The lowest BCUT2D eigenvalue weighted by atomic mass is 9.93. The van der Waals surface area contributed by atoms with Crippen LogP contribution < -0.4 is 4.57 Å². The number of aryl methyl sites for hydroxylation is 5. The lowest BCUT2D eigenvalue weighted by molar-refractivity contribution is -0.660. The van der Waals surface area contributed by atoms with E-state index >= 15 is 0 Å². The summed E-state index contributed by atoms with van der Waals surface area (Å²) in [5, 5.41) is 0. The molecule has 4 rings (SSSR count). The molecule has 2 aromatic carbocycles. The van der Waals surface area contributed by atoms with Gasteiger partial charge in [-0.3, -0.25) is 0 Å². The first kappa shape index (κ1) is 9.17. The number of hydrogen-bond donors (Lipinski definition) is 0. The average Bonchev–Trinajstić information content (AvgIpc) is 2.84. The summed E-state index contributed by atoms with van der Waals surface area (Å²) < 4.78 is 59.0. The lowest BCUT2D eigenvalue weighted by Crippen LogP contribution is -2.31. The number of pyridine rings is 1. The van der Waals surface area contributed by atoms with Crippen LogP contribution in [0, 0.1) is 13.8 Å². The fraction of sp³-hybridized carbons (Fsp3) is 0.261. The summed E-state index contributed by atoms with van der Waals surface area (Å²) in [6.45, 7) is -0.428. The first-order chi connectivity index (χ1) is 14.3. The van der Waals surface area contributed by atoms with Crippen LogP contribution >= 0.6 is 0 Å². The number of nitrogens with zero attached hydrogens (tertiary/aromatic N) is 1. The van der Waals surface area contributed by atoms with Gasteiger partial charge in [0.05, 0.1) is 0 Å². The minimum Gasteiger partial charge on any atom is -0.201 e. The highest BCUT2D eigenvalue weighted by Crippen LogP contribution is 2.32. The van der Waals surface area contributed by atoms with Crippen molar-refractivity contribution >= 4 is 0 Å². The topological polar surface area (TPSA) is 3.88 Å². The standard InChI is InChI=1S/C23H24N/c1-16-12-17(2)22(14-21(16)18-8-5-4-6-9-18)23-13-19-10-7-11-20(19)15-24(23)3/h4-6,8-9,12-15H,7,10-11H2,1-3H3/q+1/i1D3,10D2,11D2. The molecular weight excluding hydrogens is 290 g/mol. The second kappa shape index (κ2) is 5.90. The lowest BCUT2D eigenvalue weighted by Gasteiger charge is -2.12. The van der Waals surface area contributed by atoms with E-state index in [4.69, 9.17) is 9.60 Å². The van der Waals surface area contributed by atoms with Gasteiger partial charge in [0.1, 0.15) is 7.05 Å². The number of aromatic nitrogens is 1. The van der Waals surface area contributed by atoms with Gasteiger partial charge >= 0.3 is 0 Å². The predicted molar refractivity (Wildman–Crippen MR) is 100.0 cm³/mol. The maximum absolute atomic E-state index is 8.34. The molecule has 1 aliphatic carbocycles. The van der Waals surface area contributed by atoms with Crippen molar-refractivity contribution in [1.29, 1.82) is 0 Å². The third-order valence-corrected chi connectivity index (χ3v) is 4.56. The molecule has 0 saturated carbocycles. The molecule has 1 aliphatic rings. The van der Waals surface area contributed by atoms with Crippen molar-refractivity contribution in [3.05, 3.63) is 77.0 Å². The summed E-state index contributed by atoms with van der Waals surface area (Å²) in [5.41, 5.74) is 4.67. The van der Waals surface area contributed by atoms with Crippen LogP contribution in [0.5, 0.6) is 0 Å². The maximum Gasteiger partial charge on any atom is 0.212 e. The van der Waals surface area contributed by atoms with Gasteiger partial charge < -0.3 is 0 Å². The van der Waals surface area contributed by atoms with Gasteiger partial charge in [0.15, 0.2) is 6.20 Å². The molecule has 0 N–H and O–H groups in total. The summed E-state index contributed by atoms with van der Waals surface area (Å²) in [6, 6.07) is 14.6. The molecule has 3 aromatic rings. The molecule has 0 spiro atoms. The molecule has 1 heteroatoms. The molecule has 24 heavy (non-hydrogen) atoms. The Labute approximate surface area is 154 Å². The van der Waals surface area contributed by atoms with Crippen LogP contribution in [0.25, 0.3) is 22.4 Å². The monoisotopic (exact) mass is 321 g/mol. The van der Waals surface area contributed by atoms with Gasteiger partial charge in [-0.2, -0.15) is 0 Å². The minimum absolute atomic E-state index is 0.217. The van der Waals surface area contributed by atoms with Crippen LogP contribution in [0.1, 0.15) is 38.3 Å². The largest absolute Gasteiger partial charge is 0.212 e. The molecular formula is C23H24N+. The summed E-state index contributed by atoms with van der Waals surface area (Å²) in [5.74, 6) is 0. The summed E-state index contributed by atoms with van der Waals surface area (Å²) in [7, 11) is 1.80. The minimum atomic E-state index is -2.28. The van der Waals surface area contributed by atoms with Crippen molar-refractivity contribution in [2.75, 3.05) is 0 Å². The molecule has 0 amide bonds. The Kier molecular flexibility index (Phi) is 2.26. The van der Waals surface area contributed by atoms with E-state index in [1.165, 1.54) is 0 Å². The van der Waals surface area contributed by atoms with Crippen LogP contribution in [0.4, 0.5) is 0 Å². The van der Waals surface area contributed by atoms with Crippen molar-refractivity contribution in [1.82, 2.24) is 0 Å². The average molecular weight is 321 g/mol. The van der Waals surface area contributed by atoms with Crippen molar-refractivity contribution < 1.29 is 14.2 Å². The van der Waals surface area contributed by atoms with E-state index in [1.807, 2.05) is 43.3 Å². The van der Waals surface area contributed by atoms with Crippen molar-refractivity contribution in [3.8, 4) is 22.4 Å². The van der Waals surface area contributed by atoms with Gasteiger partial charge in [0.25, 0.3) is 0 Å². The van der Waals surface area contributed by atoms with Gasteiger partial charge in [-0.15, -0.1) is 0 Å². The zero-order valence-corrected chi connectivity index (χ0v) is 13.9. The zero-order chi connectivity index (χ0) is 22.8. The summed E-state index contributed by atoms with van der Waals surface area (Å²) in [6.07, 6.45) is -2.05. The molecule has 0 fully saturated rings. The van der Waals surface area contributed by atoms with Gasteiger partial charge in [0, 0.05) is 26.8 Å². The fourth-order valence-corrected chi connectivity index (χ4v) is 3.28. The van der Waals surface area contributed by atoms with Gasteiger partial charge in [-0.05, 0) is 66.8 Å². The van der Waals surface area contributed by atoms with Crippen molar-refractivity contribution in [2.45, 2.75) is 32.9 Å². The number of rotatable bonds is 2. The normalized spacial score (nSPS) is 22.2. The van der Waals surface area contributed by atoms with E-state index in [-0.39, 0.29) is 12.0 Å². The molecule has 0 bridgehead atoms. The molecule has 1 nitrogen and oxygen atoms in total. The van der Waals surface area contributed by atoms with Gasteiger partial charge in [0.2, 0.25) is 5.69 Å². The van der Waals surface area contributed by atoms with E-state index in [9.17, 15) is 0 Å². The maximum atomic E-state index is 8.34. The zero-order valence-electron chi connectivity index (χ0n) is 20.9. The third-order valence-electron chi connectivity index (χ3n) is 4.56. The van der Waals surface area contributed by atoms with Crippen molar-refractivity contribution in [3.63, 3.8) is 0 Å². The SMILES string of the molecule is [2H]C([2H])([2H])c1cc(C)c(-c2cc3c(c[n+]2C)C([2H])([2H])CC3([2H])[2H])cc1-c1ccccc1. The van der Waals surface area contributed by atoms with Crippen LogP contribution in [0.3, 0.4) is 0 Å². The van der Waals surface area contributed by atoms with Crippen molar-refractivity contribution in [2.24, 2.45) is 7.05 Å². The molecule has 0 atom stereocenters. The molecule has 1 aromatic heterocycles. The molecule has 0 aliphatic heterocycles. The number of hydrogen-bond acceptors (Lipinski definition) is 0. The van der Waals surface area contributed by atoms with Crippen LogP contribution in [-0.4, -0.2) is 0 Å². The molecule has 0 unspecified atom stereocenters. The molecule has 0 saturated heterocycles. The third kappa shape index (κ3) is 2.54. The molecule has 120 valence electrons. The first-order valence-corrected chi connectivity index (χ1v) is 8.07. The first-order valence-electron chi connectivity index (χ1n) is 11.6. The fourth-order valence-electron chi connectivity index (χ4n) is 3.28. The second-order valence-corrected chi connectivity index (χ2v) is 6.21. The second-order valence-electron chi connectivity index (χ2n) is 6.21. The Morgan fingerprint density at radius 2 is 1.75 bits per heavy atom. The van der Waals surface area contributed by atoms with E-state index in [0.29, 0.717) is 22.4 Å². The highest BCUT2D eigenvalue weighted by Gasteiger charge is 2.21. The van der Waals surface area contributed by atoms with Gasteiger partial charge in [-0.1, -0.05) is 36.4 Å². The highest BCUT2D eigenvalue weighted by atomic mass is 14.9. The summed E-state index contributed by atoms with van der Waals surface area (Å²) in [4.78, 5) is 0. The number of fused-ring (bicyclic) bond motifs is 1. The Hall–Kier alpha value is -2.41. The Balaban J connectivity index is 1.99. The van der Waals surface area contributed by atoms with E-state index in [1.54, 1.807) is 29.9 Å². The highest BCUT2D eigenvalue weighted by molar-refractivity contribution is 5.75. The Bertz CT molecular complexity index is 1160.